The van der Waals surface area contributed by atoms with Gasteiger partial charge in [-0.05, 0) is 66.1 Å². The van der Waals surface area contributed by atoms with E-state index < -0.39 is 0 Å². The predicted octanol–water partition coefficient (Wildman–Crippen LogP) is 7.06. The van der Waals surface area contributed by atoms with E-state index in [1.165, 1.54) is 28.7 Å². The predicted molar refractivity (Wildman–Crippen MR) is 139 cm³/mol. The average Bonchev–Trinajstić information content (AvgIpc) is 3.21. The van der Waals surface area contributed by atoms with E-state index in [0.29, 0.717) is 22.2 Å². The molecule has 0 saturated heterocycles. The maximum absolute atomic E-state index is 12.4. The van der Waals surface area contributed by atoms with Crippen LogP contribution >= 0.6 is 34.7 Å². The molecule has 0 unspecified atom stereocenters. The van der Waals surface area contributed by atoms with Gasteiger partial charge in [-0.25, -0.2) is 4.98 Å². The summed E-state index contributed by atoms with van der Waals surface area (Å²) in [7, 11) is 0. The molecule has 33 heavy (non-hydrogen) atoms. The molecule has 5 nitrogen and oxygen atoms in total. The van der Waals surface area contributed by atoms with Gasteiger partial charge < -0.3 is 10.6 Å². The summed E-state index contributed by atoms with van der Waals surface area (Å²) in [5.74, 6) is 0.442. The summed E-state index contributed by atoms with van der Waals surface area (Å²) < 4.78 is 1.74. The number of hydrogen-bond acceptors (Lipinski definition) is 5. The minimum absolute atomic E-state index is 0.0764. The molecule has 0 spiro atoms. The van der Waals surface area contributed by atoms with Crippen molar-refractivity contribution in [3.63, 3.8) is 0 Å². The summed E-state index contributed by atoms with van der Waals surface area (Å²) in [4.78, 5) is 29.4. The van der Waals surface area contributed by atoms with Gasteiger partial charge in [-0.2, -0.15) is 0 Å². The Morgan fingerprint density at radius 2 is 1.67 bits per heavy atom. The fourth-order valence-electron chi connectivity index (χ4n) is 3.12. The lowest BCUT2D eigenvalue weighted by atomic mass is 10.0. The summed E-state index contributed by atoms with van der Waals surface area (Å²) in [6.07, 6.45) is 0. The standard InChI is InChI=1S/C25H22ClN3O2S2/c1-15(2)16-5-9-19(10-6-16)27-23(30)14-32-25-29-21-12-11-20(13-22(21)33-25)28-24(31)17-3-7-18(26)8-4-17/h3-13,15H,14H2,1-2H3,(H,27,30)(H,28,31). The van der Waals surface area contributed by atoms with Crippen LogP contribution in [0.4, 0.5) is 11.4 Å². The molecule has 2 N–H and O–H groups in total. The van der Waals surface area contributed by atoms with Crippen LogP contribution in [-0.2, 0) is 4.79 Å². The molecule has 0 bridgehead atoms. The first kappa shape index (κ1) is 23.3. The summed E-state index contributed by atoms with van der Waals surface area (Å²) in [6.45, 7) is 4.28. The van der Waals surface area contributed by atoms with Gasteiger partial charge in [0.05, 0.1) is 16.0 Å². The van der Waals surface area contributed by atoms with Gasteiger partial charge in [-0.15, -0.1) is 11.3 Å². The van der Waals surface area contributed by atoms with Gasteiger partial charge >= 0.3 is 0 Å². The topological polar surface area (TPSA) is 71.1 Å². The van der Waals surface area contributed by atoms with Crippen molar-refractivity contribution in [3.05, 3.63) is 82.9 Å². The molecule has 2 amide bonds. The van der Waals surface area contributed by atoms with E-state index >= 15 is 0 Å². The number of nitrogens with one attached hydrogen (secondary N) is 2. The molecule has 1 heterocycles. The molecule has 0 radical (unpaired) electrons. The number of thioether (sulfide) groups is 1. The zero-order valence-corrected chi connectivity index (χ0v) is 20.5. The van der Waals surface area contributed by atoms with Gasteiger partial charge in [0.15, 0.2) is 4.34 Å². The van der Waals surface area contributed by atoms with Crippen LogP contribution < -0.4 is 10.6 Å². The number of anilines is 2. The van der Waals surface area contributed by atoms with Crippen molar-refractivity contribution in [2.75, 3.05) is 16.4 Å². The molecule has 0 fully saturated rings. The Hall–Kier alpha value is -2.87. The third-order valence-electron chi connectivity index (χ3n) is 4.92. The number of fused-ring (bicyclic) bond motifs is 1. The highest BCUT2D eigenvalue weighted by atomic mass is 35.5. The van der Waals surface area contributed by atoms with Crippen LogP contribution in [0.1, 0.15) is 35.7 Å². The third kappa shape index (κ3) is 6.13. The molecule has 8 heteroatoms. The van der Waals surface area contributed by atoms with Crippen LogP contribution in [0.5, 0.6) is 0 Å². The van der Waals surface area contributed by atoms with Crippen LogP contribution in [0.3, 0.4) is 0 Å². The lowest BCUT2D eigenvalue weighted by Gasteiger charge is -2.08. The highest BCUT2D eigenvalue weighted by molar-refractivity contribution is 8.01. The van der Waals surface area contributed by atoms with Crippen molar-refractivity contribution in [2.24, 2.45) is 0 Å². The van der Waals surface area contributed by atoms with E-state index in [2.05, 4.69) is 29.5 Å². The second kappa shape index (κ2) is 10.4. The zero-order valence-electron chi connectivity index (χ0n) is 18.1. The van der Waals surface area contributed by atoms with Crippen molar-refractivity contribution in [1.29, 1.82) is 0 Å². The summed E-state index contributed by atoms with van der Waals surface area (Å²) in [5, 5.41) is 6.40. The number of rotatable bonds is 7. The molecular weight excluding hydrogens is 474 g/mol. The lowest BCUT2D eigenvalue weighted by molar-refractivity contribution is -0.113. The molecule has 0 aliphatic heterocycles. The fourth-order valence-corrected chi connectivity index (χ4v) is 5.16. The quantitative estimate of drug-likeness (QED) is 0.269. The molecule has 4 rings (SSSR count). The van der Waals surface area contributed by atoms with Crippen LogP contribution in [0.2, 0.25) is 5.02 Å². The summed E-state index contributed by atoms with van der Waals surface area (Å²) in [5.41, 5.74) is 4.07. The van der Waals surface area contributed by atoms with E-state index in [0.717, 1.165) is 20.2 Å². The number of halogens is 1. The Bertz CT molecular complexity index is 1290. The molecule has 0 aliphatic rings. The van der Waals surface area contributed by atoms with E-state index in [1.807, 2.05) is 42.5 Å². The smallest absolute Gasteiger partial charge is 0.255 e. The second-order valence-electron chi connectivity index (χ2n) is 7.74. The number of benzene rings is 3. The normalized spacial score (nSPS) is 11.0. The highest BCUT2D eigenvalue weighted by Crippen LogP contribution is 2.31. The molecule has 1 aromatic heterocycles. The number of hydrogen-bond donors (Lipinski definition) is 2. The molecule has 4 aromatic rings. The Balaban J connectivity index is 1.35. The molecule has 0 aliphatic carbocycles. The first-order valence-corrected chi connectivity index (χ1v) is 12.6. The maximum Gasteiger partial charge on any atom is 0.255 e. The average molecular weight is 496 g/mol. The van der Waals surface area contributed by atoms with Gasteiger partial charge in [0.2, 0.25) is 5.91 Å². The SMILES string of the molecule is CC(C)c1ccc(NC(=O)CSc2nc3ccc(NC(=O)c4ccc(Cl)cc4)cc3s2)cc1. The molecule has 168 valence electrons. The van der Waals surface area contributed by atoms with E-state index in [4.69, 9.17) is 11.6 Å². The van der Waals surface area contributed by atoms with Crippen LogP contribution in [-0.4, -0.2) is 22.6 Å². The highest BCUT2D eigenvalue weighted by Gasteiger charge is 2.11. The molecule has 3 aromatic carbocycles. The van der Waals surface area contributed by atoms with Crippen molar-refractivity contribution in [3.8, 4) is 0 Å². The van der Waals surface area contributed by atoms with E-state index in [1.54, 1.807) is 24.3 Å². The van der Waals surface area contributed by atoms with E-state index in [-0.39, 0.29) is 17.6 Å². The second-order valence-corrected chi connectivity index (χ2v) is 10.4. The number of amides is 2. The minimum atomic E-state index is -0.205. The number of aromatic nitrogens is 1. The van der Waals surface area contributed by atoms with Gasteiger partial charge in [0.1, 0.15) is 0 Å². The number of carbonyl (C=O) groups excluding carboxylic acids is 2. The first-order valence-electron chi connectivity index (χ1n) is 10.4. The van der Waals surface area contributed by atoms with Crippen molar-refractivity contribution < 1.29 is 9.59 Å². The zero-order chi connectivity index (χ0) is 23.4. The molecular formula is C25H22ClN3O2S2. The number of nitrogens with zero attached hydrogens (tertiary/aromatic N) is 1. The van der Waals surface area contributed by atoms with Crippen LogP contribution in [0.15, 0.2) is 71.1 Å². The van der Waals surface area contributed by atoms with Crippen LogP contribution in [0.25, 0.3) is 10.2 Å². The summed E-state index contributed by atoms with van der Waals surface area (Å²) in [6, 6.07) is 20.2. The van der Waals surface area contributed by atoms with Gasteiger partial charge in [0, 0.05) is 22.0 Å². The lowest BCUT2D eigenvalue weighted by Crippen LogP contribution is -2.13. The van der Waals surface area contributed by atoms with Gasteiger partial charge in [0.25, 0.3) is 5.91 Å². The monoisotopic (exact) mass is 495 g/mol. The number of thiazole rings is 1. The maximum atomic E-state index is 12.4. The molecule has 0 atom stereocenters. The van der Waals surface area contributed by atoms with Crippen molar-refractivity contribution in [2.45, 2.75) is 24.1 Å². The largest absolute Gasteiger partial charge is 0.325 e. The first-order chi connectivity index (χ1) is 15.9. The van der Waals surface area contributed by atoms with E-state index in [9.17, 15) is 9.59 Å². The fraction of sp³-hybridized carbons (Fsp3) is 0.160. The Kier molecular flexibility index (Phi) is 7.33. The number of carbonyl (C=O) groups is 2. The Labute approximate surface area is 205 Å². The van der Waals surface area contributed by atoms with Gasteiger partial charge in [-0.1, -0.05) is 49.3 Å². The Morgan fingerprint density at radius 3 is 2.36 bits per heavy atom. The molecule has 0 saturated carbocycles. The minimum Gasteiger partial charge on any atom is -0.325 e. The van der Waals surface area contributed by atoms with Crippen molar-refractivity contribution in [1.82, 2.24) is 4.98 Å². The van der Waals surface area contributed by atoms with Gasteiger partial charge in [-0.3, -0.25) is 9.59 Å². The summed E-state index contributed by atoms with van der Waals surface area (Å²) >= 11 is 8.77. The van der Waals surface area contributed by atoms with Crippen LogP contribution in [0, 0.1) is 0 Å². The van der Waals surface area contributed by atoms with Crippen molar-refractivity contribution >= 4 is 68.1 Å². The third-order valence-corrected chi connectivity index (χ3v) is 7.33. The Morgan fingerprint density at radius 1 is 0.970 bits per heavy atom.